The molecule has 6 nitrogen and oxygen atoms in total. The molecule has 0 spiro atoms. The van der Waals surface area contributed by atoms with Gasteiger partial charge < -0.3 is 4.90 Å². The van der Waals surface area contributed by atoms with Gasteiger partial charge in [-0.2, -0.15) is 0 Å². The maximum absolute atomic E-state index is 13.8. The number of imide groups is 1. The molecule has 208 valence electrons. The normalized spacial score (nSPS) is 15.5. The van der Waals surface area contributed by atoms with E-state index in [2.05, 4.69) is 9.80 Å². The zero-order valence-corrected chi connectivity index (χ0v) is 23.8. The predicted octanol–water partition coefficient (Wildman–Crippen LogP) is 6.33. The average Bonchev–Trinajstić information content (AvgIpc) is 3.51. The summed E-state index contributed by atoms with van der Waals surface area (Å²) in [6.07, 6.45) is 1.45. The van der Waals surface area contributed by atoms with E-state index in [-0.39, 0.29) is 11.6 Å². The lowest BCUT2D eigenvalue weighted by Crippen LogP contribution is -2.46. The highest BCUT2D eigenvalue weighted by molar-refractivity contribution is 7.15. The largest absolute Gasteiger partial charge is 0.369 e. The van der Waals surface area contributed by atoms with Gasteiger partial charge in [0.25, 0.3) is 11.8 Å². The highest BCUT2D eigenvalue weighted by Gasteiger charge is 2.39. The molecular weight excluding hydrogens is 561 g/mol. The Kier molecular flexibility index (Phi) is 7.71. The zero-order valence-electron chi connectivity index (χ0n) is 22.2. The number of carbonyl (C=O) groups excluding carboxylic acids is 3. The summed E-state index contributed by atoms with van der Waals surface area (Å²) < 4.78 is 13.3. The van der Waals surface area contributed by atoms with E-state index in [4.69, 9.17) is 11.6 Å². The molecule has 0 bridgehead atoms. The Morgan fingerprint density at radius 1 is 0.854 bits per heavy atom. The molecule has 2 aliphatic rings. The fourth-order valence-electron chi connectivity index (χ4n) is 5.47. The van der Waals surface area contributed by atoms with Crippen LogP contribution in [0.4, 0.5) is 15.1 Å². The van der Waals surface area contributed by atoms with Crippen LogP contribution in [0, 0.1) is 5.82 Å². The van der Waals surface area contributed by atoms with E-state index in [1.807, 2.05) is 17.5 Å². The van der Waals surface area contributed by atoms with E-state index < -0.39 is 11.8 Å². The number of rotatable bonds is 8. The zero-order chi connectivity index (χ0) is 28.5. The highest BCUT2D eigenvalue weighted by Crippen LogP contribution is 2.39. The number of halogens is 2. The third-order valence-electron chi connectivity index (χ3n) is 7.66. The van der Waals surface area contributed by atoms with Gasteiger partial charge in [-0.3, -0.25) is 19.3 Å². The van der Waals surface area contributed by atoms with Gasteiger partial charge in [0, 0.05) is 42.5 Å². The summed E-state index contributed by atoms with van der Waals surface area (Å²) >= 11 is 7.31. The van der Waals surface area contributed by atoms with Crippen LogP contribution in [0.2, 0.25) is 5.02 Å². The summed E-state index contributed by atoms with van der Waals surface area (Å²) in [5.74, 6) is -1.30. The second-order valence-corrected chi connectivity index (χ2v) is 11.5. The maximum atomic E-state index is 13.8. The van der Waals surface area contributed by atoms with E-state index in [0.717, 1.165) is 55.3 Å². The molecule has 0 N–H and O–H groups in total. The third kappa shape index (κ3) is 5.43. The predicted molar refractivity (Wildman–Crippen MR) is 160 cm³/mol. The molecule has 0 aliphatic carbocycles. The molecule has 4 aromatic rings. The van der Waals surface area contributed by atoms with Crippen molar-refractivity contribution in [1.29, 1.82) is 0 Å². The molecule has 2 amide bonds. The first-order chi connectivity index (χ1) is 19.9. The third-order valence-corrected chi connectivity index (χ3v) is 8.93. The van der Waals surface area contributed by atoms with Crippen molar-refractivity contribution in [2.45, 2.75) is 12.8 Å². The Morgan fingerprint density at radius 3 is 2.12 bits per heavy atom. The first-order valence-electron chi connectivity index (χ1n) is 13.5. The van der Waals surface area contributed by atoms with E-state index >= 15 is 0 Å². The number of carbonyl (C=O) groups is 3. The monoisotopic (exact) mass is 587 g/mol. The van der Waals surface area contributed by atoms with Gasteiger partial charge in [-0.25, -0.2) is 9.29 Å². The van der Waals surface area contributed by atoms with Crippen molar-refractivity contribution in [2.24, 2.45) is 0 Å². The van der Waals surface area contributed by atoms with Crippen LogP contribution >= 0.6 is 22.9 Å². The number of benzene rings is 3. The van der Waals surface area contributed by atoms with E-state index in [0.29, 0.717) is 38.7 Å². The van der Waals surface area contributed by atoms with Crippen LogP contribution in [0.15, 0.2) is 78.2 Å². The van der Waals surface area contributed by atoms with Crippen LogP contribution in [0.25, 0.3) is 0 Å². The number of fused-ring (bicyclic) bond motifs is 1. The van der Waals surface area contributed by atoms with Gasteiger partial charge >= 0.3 is 0 Å². The van der Waals surface area contributed by atoms with Crippen molar-refractivity contribution in [3.05, 3.63) is 117 Å². The van der Waals surface area contributed by atoms with Gasteiger partial charge in [0.05, 0.1) is 16.7 Å². The molecule has 0 saturated carbocycles. The lowest BCUT2D eigenvalue weighted by Gasteiger charge is -2.36. The summed E-state index contributed by atoms with van der Waals surface area (Å²) in [5, 5.41) is 2.78. The number of thiophene rings is 1. The van der Waals surface area contributed by atoms with Gasteiger partial charge in [0.15, 0.2) is 5.78 Å². The summed E-state index contributed by atoms with van der Waals surface area (Å²) in [5.41, 5.74) is 3.38. The molecule has 1 fully saturated rings. The van der Waals surface area contributed by atoms with Gasteiger partial charge in [0.2, 0.25) is 0 Å². The number of ketones is 1. The Hall–Kier alpha value is -3.85. The van der Waals surface area contributed by atoms with Gasteiger partial charge in [-0.05, 0) is 91.0 Å². The number of hydrogen-bond donors (Lipinski definition) is 0. The van der Waals surface area contributed by atoms with Crippen molar-refractivity contribution < 1.29 is 18.8 Å². The molecule has 1 aromatic heterocycles. The van der Waals surface area contributed by atoms with Crippen molar-refractivity contribution in [3.8, 4) is 0 Å². The molecule has 2 aliphatic heterocycles. The fourth-order valence-corrected chi connectivity index (χ4v) is 6.70. The number of hydrogen-bond acceptors (Lipinski definition) is 6. The average molecular weight is 588 g/mol. The number of amides is 2. The smallest absolute Gasteiger partial charge is 0.266 e. The minimum Gasteiger partial charge on any atom is -0.369 e. The summed E-state index contributed by atoms with van der Waals surface area (Å²) in [6.45, 7) is 4.34. The van der Waals surface area contributed by atoms with Crippen LogP contribution in [0.1, 0.15) is 48.6 Å². The first kappa shape index (κ1) is 27.3. The van der Waals surface area contributed by atoms with Crippen molar-refractivity contribution in [1.82, 2.24) is 4.90 Å². The number of nitrogens with zero attached hydrogens (tertiary/aromatic N) is 3. The van der Waals surface area contributed by atoms with Crippen LogP contribution in [0.3, 0.4) is 0 Å². The lowest BCUT2D eigenvalue weighted by atomic mass is 9.98. The van der Waals surface area contributed by atoms with Gasteiger partial charge in [-0.15, -0.1) is 11.3 Å². The second kappa shape index (κ2) is 11.6. The van der Waals surface area contributed by atoms with Crippen LogP contribution in [-0.2, 0) is 6.42 Å². The van der Waals surface area contributed by atoms with Gasteiger partial charge in [-0.1, -0.05) is 23.7 Å². The molecule has 6 rings (SSSR count). The molecule has 1 saturated heterocycles. The van der Waals surface area contributed by atoms with Crippen molar-refractivity contribution >= 4 is 51.2 Å². The number of piperazine rings is 1. The Bertz CT molecular complexity index is 1580. The number of aryl methyl sites for hydroxylation is 1. The Morgan fingerprint density at radius 2 is 1.49 bits per heavy atom. The maximum Gasteiger partial charge on any atom is 0.266 e. The van der Waals surface area contributed by atoms with E-state index in [9.17, 15) is 18.8 Å². The van der Waals surface area contributed by atoms with Crippen LogP contribution in [-0.4, -0.2) is 55.2 Å². The summed E-state index contributed by atoms with van der Waals surface area (Å²) in [7, 11) is 0. The van der Waals surface area contributed by atoms with Crippen molar-refractivity contribution in [2.75, 3.05) is 42.5 Å². The molecule has 41 heavy (non-hydrogen) atoms. The first-order valence-corrected chi connectivity index (χ1v) is 14.8. The SMILES string of the molecule is O=C(c1ccc(Cl)cc1)c1c(CCCN2CCN(c3ccc(F)cc3)CC2)csc1N1C(=O)c2ccccc2C1=O. The standard InChI is InChI=1S/C32H27ClFN3O3S/c33-23-9-7-21(8-10-23)29(38)28-22(20-41-32(28)37-30(39)26-5-1-2-6-27(26)31(37)40)4-3-15-35-16-18-36(19-17-35)25-13-11-24(34)12-14-25/h1-2,5-14,20H,3-4,15-19H2. The quantitative estimate of drug-likeness (QED) is 0.178. The molecule has 0 atom stereocenters. The summed E-state index contributed by atoms with van der Waals surface area (Å²) in [6, 6.07) is 20.0. The molecular formula is C32H27ClFN3O3S. The van der Waals surface area contributed by atoms with Crippen LogP contribution < -0.4 is 9.80 Å². The Balaban J connectivity index is 1.19. The van der Waals surface area contributed by atoms with Crippen molar-refractivity contribution in [3.63, 3.8) is 0 Å². The minimum absolute atomic E-state index is 0.235. The topological polar surface area (TPSA) is 60.9 Å². The van der Waals surface area contributed by atoms with E-state index in [1.54, 1.807) is 48.5 Å². The molecule has 0 unspecified atom stereocenters. The molecule has 0 radical (unpaired) electrons. The second-order valence-electron chi connectivity index (χ2n) is 10.2. The molecule has 9 heteroatoms. The highest BCUT2D eigenvalue weighted by atomic mass is 35.5. The fraction of sp³-hybridized carbons (Fsp3) is 0.219. The number of anilines is 2. The lowest BCUT2D eigenvalue weighted by molar-refractivity contribution is 0.0927. The minimum atomic E-state index is -0.414. The van der Waals surface area contributed by atoms with Crippen LogP contribution in [0.5, 0.6) is 0 Å². The molecule has 3 aromatic carbocycles. The molecule has 3 heterocycles. The Labute approximate surface area is 246 Å². The van der Waals surface area contributed by atoms with Gasteiger partial charge in [0.1, 0.15) is 10.8 Å². The summed E-state index contributed by atoms with van der Waals surface area (Å²) in [4.78, 5) is 46.2. The van der Waals surface area contributed by atoms with E-state index in [1.165, 1.54) is 23.5 Å².